The number of nitrogens with one attached hydrogen (secondary N) is 1. The lowest BCUT2D eigenvalue weighted by molar-refractivity contribution is 0.581. The molecule has 0 aliphatic carbocycles. The second-order valence-electron chi connectivity index (χ2n) is 4.23. The van der Waals surface area contributed by atoms with Crippen LogP contribution in [-0.2, 0) is 16.4 Å². The van der Waals surface area contributed by atoms with Gasteiger partial charge in [0, 0.05) is 29.1 Å². The van der Waals surface area contributed by atoms with Gasteiger partial charge in [0.2, 0.25) is 10.0 Å². The van der Waals surface area contributed by atoms with Crippen LogP contribution in [0.1, 0.15) is 5.56 Å². The van der Waals surface area contributed by atoms with E-state index < -0.39 is 10.0 Å². The van der Waals surface area contributed by atoms with Crippen LogP contribution in [0, 0.1) is 0 Å². The van der Waals surface area contributed by atoms with Gasteiger partial charge < -0.3 is 5.73 Å². The van der Waals surface area contributed by atoms with Gasteiger partial charge in [0.15, 0.2) is 0 Å². The van der Waals surface area contributed by atoms with Crippen LogP contribution in [0.2, 0.25) is 0 Å². The zero-order valence-electron chi connectivity index (χ0n) is 10.6. The van der Waals surface area contributed by atoms with Gasteiger partial charge in [0.1, 0.15) is 4.90 Å². The molecule has 0 aliphatic rings. The number of sulfonamides is 1. The lowest BCUT2D eigenvalue weighted by Gasteiger charge is -2.07. The Balaban J connectivity index is 1.98. The van der Waals surface area contributed by atoms with Crippen molar-refractivity contribution in [3.05, 3.63) is 52.8 Å². The number of anilines is 1. The summed E-state index contributed by atoms with van der Waals surface area (Å²) in [4.78, 5) is 3.99. The molecule has 0 spiro atoms. The molecule has 7 heteroatoms. The fourth-order valence-corrected chi connectivity index (χ4v) is 3.17. The molecule has 0 saturated heterocycles. The van der Waals surface area contributed by atoms with Crippen LogP contribution >= 0.6 is 15.9 Å². The minimum Gasteiger partial charge on any atom is -0.399 e. The minimum atomic E-state index is -3.53. The third-order valence-corrected chi connectivity index (χ3v) is 4.54. The molecule has 106 valence electrons. The number of aromatic nitrogens is 1. The molecule has 0 aliphatic heterocycles. The summed E-state index contributed by atoms with van der Waals surface area (Å²) in [5.74, 6) is 0. The Hall–Kier alpha value is -1.44. The summed E-state index contributed by atoms with van der Waals surface area (Å²) in [6.07, 6.45) is 3.45. The molecule has 0 atom stereocenters. The van der Waals surface area contributed by atoms with Crippen molar-refractivity contribution in [1.82, 2.24) is 9.71 Å². The van der Waals surface area contributed by atoms with Gasteiger partial charge in [-0.2, -0.15) is 0 Å². The largest absolute Gasteiger partial charge is 0.399 e. The summed E-state index contributed by atoms with van der Waals surface area (Å²) in [7, 11) is -3.53. The SMILES string of the molecule is Nc1ccc(CCNS(=O)(=O)c2cncc(Br)c2)cc1. The number of hydrogen-bond acceptors (Lipinski definition) is 4. The lowest BCUT2D eigenvalue weighted by Crippen LogP contribution is -2.26. The Labute approximate surface area is 126 Å². The molecule has 0 fully saturated rings. The molecule has 0 radical (unpaired) electrons. The quantitative estimate of drug-likeness (QED) is 0.802. The van der Waals surface area contributed by atoms with Crippen LogP contribution in [0.5, 0.6) is 0 Å². The van der Waals surface area contributed by atoms with E-state index in [0.717, 1.165) is 5.56 Å². The van der Waals surface area contributed by atoms with Crippen molar-refractivity contribution in [2.45, 2.75) is 11.3 Å². The van der Waals surface area contributed by atoms with E-state index >= 15 is 0 Å². The Morgan fingerprint density at radius 2 is 1.90 bits per heavy atom. The van der Waals surface area contributed by atoms with Gasteiger partial charge in [0.25, 0.3) is 0 Å². The minimum absolute atomic E-state index is 0.143. The van der Waals surface area contributed by atoms with Crippen molar-refractivity contribution in [3.63, 3.8) is 0 Å². The van der Waals surface area contributed by atoms with Crippen LogP contribution in [0.3, 0.4) is 0 Å². The van der Waals surface area contributed by atoms with Crippen molar-refractivity contribution in [1.29, 1.82) is 0 Å². The second kappa shape index (κ2) is 6.34. The van der Waals surface area contributed by atoms with E-state index in [4.69, 9.17) is 5.73 Å². The number of rotatable bonds is 5. The first-order valence-electron chi connectivity index (χ1n) is 5.92. The normalized spacial score (nSPS) is 11.4. The highest BCUT2D eigenvalue weighted by atomic mass is 79.9. The average molecular weight is 356 g/mol. The molecule has 5 nitrogen and oxygen atoms in total. The van der Waals surface area contributed by atoms with Crippen LogP contribution in [0.15, 0.2) is 52.1 Å². The Morgan fingerprint density at radius 1 is 1.20 bits per heavy atom. The second-order valence-corrected chi connectivity index (χ2v) is 6.91. The van der Waals surface area contributed by atoms with E-state index in [9.17, 15) is 8.42 Å². The van der Waals surface area contributed by atoms with Crippen LogP contribution in [-0.4, -0.2) is 19.9 Å². The third-order valence-electron chi connectivity index (χ3n) is 2.68. The summed E-state index contributed by atoms with van der Waals surface area (Å²) in [6, 6.07) is 8.86. The molecule has 1 aromatic carbocycles. The predicted octanol–water partition coefficient (Wildman–Crippen LogP) is 1.95. The number of nitrogens with two attached hydrogens (primary N) is 1. The van der Waals surface area contributed by atoms with Crippen LogP contribution in [0.25, 0.3) is 0 Å². The molecular formula is C13H14BrN3O2S. The maximum atomic E-state index is 12.0. The highest BCUT2D eigenvalue weighted by Crippen LogP contribution is 2.14. The van der Waals surface area contributed by atoms with Gasteiger partial charge in [-0.1, -0.05) is 12.1 Å². The topological polar surface area (TPSA) is 85.1 Å². The zero-order chi connectivity index (χ0) is 14.6. The van der Waals surface area contributed by atoms with Gasteiger partial charge >= 0.3 is 0 Å². The van der Waals surface area contributed by atoms with E-state index in [1.165, 1.54) is 18.5 Å². The number of pyridine rings is 1. The van der Waals surface area contributed by atoms with Gasteiger partial charge in [-0.3, -0.25) is 4.98 Å². The third kappa shape index (κ3) is 4.03. The molecule has 3 N–H and O–H groups in total. The molecule has 20 heavy (non-hydrogen) atoms. The van der Waals surface area contributed by atoms with E-state index in [1.54, 1.807) is 12.1 Å². The first kappa shape index (κ1) is 15.0. The zero-order valence-corrected chi connectivity index (χ0v) is 13.0. The van der Waals surface area contributed by atoms with Gasteiger partial charge in [-0.25, -0.2) is 13.1 Å². The molecule has 2 aromatic rings. The van der Waals surface area contributed by atoms with E-state index in [-0.39, 0.29) is 4.90 Å². The highest BCUT2D eigenvalue weighted by molar-refractivity contribution is 9.10. The van der Waals surface area contributed by atoms with Gasteiger partial charge in [-0.05, 0) is 46.1 Å². The molecule has 2 rings (SSSR count). The van der Waals surface area contributed by atoms with Crippen molar-refractivity contribution in [2.24, 2.45) is 0 Å². The summed E-state index contributed by atoms with van der Waals surface area (Å²) in [5.41, 5.74) is 7.30. The first-order chi connectivity index (χ1) is 9.47. The number of nitrogen functional groups attached to an aromatic ring is 1. The Bertz CT molecular complexity index is 687. The van der Waals surface area contributed by atoms with Crippen LogP contribution < -0.4 is 10.5 Å². The fourth-order valence-electron chi connectivity index (χ4n) is 1.64. The maximum Gasteiger partial charge on any atom is 0.242 e. The van der Waals surface area contributed by atoms with Crippen LogP contribution in [0.4, 0.5) is 5.69 Å². The van der Waals surface area contributed by atoms with E-state index in [2.05, 4.69) is 25.6 Å². The van der Waals surface area contributed by atoms with E-state index in [0.29, 0.717) is 23.1 Å². The Morgan fingerprint density at radius 3 is 2.55 bits per heavy atom. The summed E-state index contributed by atoms with van der Waals surface area (Å²) in [5, 5.41) is 0. The molecule has 0 unspecified atom stereocenters. The average Bonchev–Trinajstić information content (AvgIpc) is 2.41. The lowest BCUT2D eigenvalue weighted by atomic mass is 10.1. The van der Waals surface area contributed by atoms with Gasteiger partial charge in [0.05, 0.1) is 0 Å². The smallest absolute Gasteiger partial charge is 0.242 e. The molecule has 0 bridgehead atoms. The molecule has 0 amide bonds. The number of benzene rings is 1. The number of hydrogen-bond donors (Lipinski definition) is 2. The maximum absolute atomic E-state index is 12.0. The standard InChI is InChI=1S/C13H14BrN3O2S/c14-11-7-13(9-16-8-11)20(18,19)17-6-5-10-1-3-12(15)4-2-10/h1-4,7-9,17H,5-6,15H2. The molecular weight excluding hydrogens is 342 g/mol. The summed E-state index contributed by atoms with van der Waals surface area (Å²) in [6.45, 7) is 0.318. The number of halogens is 1. The van der Waals surface area contributed by atoms with Crippen molar-refractivity contribution >= 4 is 31.6 Å². The molecule has 1 aromatic heterocycles. The monoisotopic (exact) mass is 355 g/mol. The van der Waals surface area contributed by atoms with Gasteiger partial charge in [-0.15, -0.1) is 0 Å². The number of nitrogens with zero attached hydrogens (tertiary/aromatic N) is 1. The summed E-state index contributed by atoms with van der Waals surface area (Å²) >= 11 is 3.20. The fraction of sp³-hybridized carbons (Fsp3) is 0.154. The highest BCUT2D eigenvalue weighted by Gasteiger charge is 2.13. The van der Waals surface area contributed by atoms with Crippen molar-refractivity contribution in [3.8, 4) is 0 Å². The summed E-state index contributed by atoms with van der Waals surface area (Å²) < 4.78 is 27.2. The molecule has 1 heterocycles. The van der Waals surface area contributed by atoms with E-state index in [1.807, 2.05) is 12.1 Å². The predicted molar refractivity (Wildman–Crippen MR) is 81.7 cm³/mol. The van der Waals surface area contributed by atoms with Crippen molar-refractivity contribution < 1.29 is 8.42 Å². The first-order valence-corrected chi connectivity index (χ1v) is 8.19. The molecule has 0 saturated carbocycles. The Kier molecular flexibility index (Phi) is 4.74. The van der Waals surface area contributed by atoms with Crippen molar-refractivity contribution in [2.75, 3.05) is 12.3 Å².